The molecular formula is C32H27ClN2O7. The van der Waals surface area contributed by atoms with Gasteiger partial charge in [0.2, 0.25) is 0 Å². The summed E-state index contributed by atoms with van der Waals surface area (Å²) in [6, 6.07) is 18.3. The highest BCUT2D eigenvalue weighted by molar-refractivity contribution is 6.30. The van der Waals surface area contributed by atoms with E-state index in [2.05, 4.69) is 0 Å². The highest BCUT2D eigenvalue weighted by atomic mass is 35.5. The molecule has 9 nitrogen and oxygen atoms in total. The fourth-order valence-corrected chi connectivity index (χ4v) is 5.21. The minimum absolute atomic E-state index is 0.164. The lowest BCUT2D eigenvalue weighted by molar-refractivity contribution is -0.154. The third-order valence-corrected chi connectivity index (χ3v) is 7.60. The number of halogens is 1. The molecule has 0 aromatic heterocycles. The summed E-state index contributed by atoms with van der Waals surface area (Å²) >= 11 is 5.98. The average molecular weight is 587 g/mol. The molecular weight excluding hydrogens is 560 g/mol. The monoisotopic (exact) mass is 586 g/mol. The molecule has 5 rings (SSSR count). The van der Waals surface area contributed by atoms with Gasteiger partial charge in [0.05, 0.1) is 24.5 Å². The van der Waals surface area contributed by atoms with Crippen LogP contribution in [0.1, 0.15) is 50.8 Å². The summed E-state index contributed by atoms with van der Waals surface area (Å²) in [5.74, 6) is -3.30. The zero-order chi connectivity index (χ0) is 30.0. The summed E-state index contributed by atoms with van der Waals surface area (Å²) in [5.41, 5.74) is 1.64. The second-order valence-electron chi connectivity index (χ2n) is 10.1. The third kappa shape index (κ3) is 5.82. The number of imide groups is 1. The van der Waals surface area contributed by atoms with Crippen LogP contribution in [-0.4, -0.2) is 53.1 Å². The van der Waals surface area contributed by atoms with Crippen molar-refractivity contribution in [2.24, 2.45) is 11.8 Å². The largest absolute Gasteiger partial charge is 0.497 e. The minimum Gasteiger partial charge on any atom is -0.497 e. The van der Waals surface area contributed by atoms with Crippen LogP contribution in [0.2, 0.25) is 5.02 Å². The number of fused-ring (bicyclic) bond motifs is 1. The summed E-state index contributed by atoms with van der Waals surface area (Å²) in [6.45, 7) is 1.34. The van der Waals surface area contributed by atoms with Gasteiger partial charge in [-0.1, -0.05) is 29.3 Å². The van der Waals surface area contributed by atoms with Crippen LogP contribution in [0.4, 0.5) is 0 Å². The maximum absolute atomic E-state index is 13.6. The summed E-state index contributed by atoms with van der Waals surface area (Å²) in [5, 5.41) is 2.16. The molecule has 1 aliphatic carbocycles. The normalized spacial score (nSPS) is 17.8. The second kappa shape index (κ2) is 12.0. The van der Waals surface area contributed by atoms with Crippen LogP contribution in [0, 0.1) is 11.8 Å². The van der Waals surface area contributed by atoms with Crippen molar-refractivity contribution < 1.29 is 33.4 Å². The SMILES string of the molecule is COc1cccc(C(=O)Oc2ccc(C(=O)CN(C(=O)c3ccc(Cl)cc3)N3C(=O)[C@H]4CC=C(C)C[C@@H]4C3=O)cc2)c1. The molecule has 1 heterocycles. The fourth-order valence-electron chi connectivity index (χ4n) is 5.08. The first kappa shape index (κ1) is 28.8. The zero-order valence-corrected chi connectivity index (χ0v) is 23.7. The topological polar surface area (TPSA) is 110 Å². The number of carbonyl (C=O) groups excluding carboxylic acids is 5. The van der Waals surface area contributed by atoms with E-state index in [1.54, 1.807) is 24.3 Å². The molecule has 3 aromatic carbocycles. The van der Waals surface area contributed by atoms with Gasteiger partial charge < -0.3 is 9.47 Å². The molecule has 214 valence electrons. The van der Waals surface area contributed by atoms with E-state index in [9.17, 15) is 24.0 Å². The van der Waals surface area contributed by atoms with Gasteiger partial charge in [-0.15, -0.1) is 0 Å². The lowest BCUT2D eigenvalue weighted by Crippen LogP contribution is -2.52. The van der Waals surface area contributed by atoms with Crippen molar-refractivity contribution in [3.8, 4) is 11.5 Å². The van der Waals surface area contributed by atoms with Crippen molar-refractivity contribution in [2.75, 3.05) is 13.7 Å². The number of hydrogen-bond acceptors (Lipinski definition) is 7. The zero-order valence-electron chi connectivity index (χ0n) is 22.9. The Morgan fingerprint density at radius 1 is 0.881 bits per heavy atom. The summed E-state index contributed by atoms with van der Waals surface area (Å²) in [7, 11) is 1.49. The van der Waals surface area contributed by atoms with Gasteiger partial charge >= 0.3 is 5.97 Å². The lowest BCUT2D eigenvalue weighted by Gasteiger charge is -2.30. The Hall–Kier alpha value is -4.76. The molecule has 0 saturated carbocycles. The van der Waals surface area contributed by atoms with E-state index in [0.29, 0.717) is 23.6 Å². The number of hydrogen-bond donors (Lipinski definition) is 0. The number of rotatable bonds is 8. The smallest absolute Gasteiger partial charge is 0.343 e. The van der Waals surface area contributed by atoms with Crippen LogP contribution >= 0.6 is 11.6 Å². The van der Waals surface area contributed by atoms with Gasteiger partial charge in [0.15, 0.2) is 5.78 Å². The Balaban J connectivity index is 1.36. The molecule has 0 N–H and O–H groups in total. The van der Waals surface area contributed by atoms with E-state index in [1.807, 2.05) is 13.0 Å². The van der Waals surface area contributed by atoms with Crippen molar-refractivity contribution in [3.05, 3.63) is 106 Å². The van der Waals surface area contributed by atoms with Crippen molar-refractivity contribution in [1.29, 1.82) is 0 Å². The molecule has 1 aliphatic heterocycles. The predicted molar refractivity (Wildman–Crippen MR) is 153 cm³/mol. The number of benzene rings is 3. The summed E-state index contributed by atoms with van der Waals surface area (Å²) in [6.07, 6.45) is 2.73. The molecule has 3 aromatic rings. The Bertz CT molecular complexity index is 1600. The molecule has 0 bridgehead atoms. The van der Waals surface area contributed by atoms with Crippen molar-refractivity contribution in [2.45, 2.75) is 19.8 Å². The third-order valence-electron chi connectivity index (χ3n) is 7.35. The summed E-state index contributed by atoms with van der Waals surface area (Å²) < 4.78 is 10.5. The first-order valence-electron chi connectivity index (χ1n) is 13.3. The number of esters is 1. The van der Waals surface area contributed by atoms with Gasteiger partial charge in [-0.05, 0) is 86.5 Å². The quantitative estimate of drug-likeness (QED) is 0.118. The molecule has 2 aliphatic rings. The summed E-state index contributed by atoms with van der Waals surface area (Å²) in [4.78, 5) is 66.4. The van der Waals surface area contributed by atoms with Gasteiger partial charge in [0.1, 0.15) is 18.0 Å². The molecule has 0 radical (unpaired) electrons. The Morgan fingerprint density at radius 2 is 1.55 bits per heavy atom. The van der Waals surface area contributed by atoms with E-state index in [0.717, 1.165) is 15.6 Å². The van der Waals surface area contributed by atoms with Crippen LogP contribution in [0.25, 0.3) is 0 Å². The Morgan fingerprint density at radius 3 is 2.24 bits per heavy atom. The first-order chi connectivity index (χ1) is 20.2. The maximum atomic E-state index is 13.6. The van der Waals surface area contributed by atoms with E-state index < -0.39 is 47.9 Å². The van der Waals surface area contributed by atoms with Crippen LogP contribution in [0.5, 0.6) is 11.5 Å². The van der Waals surface area contributed by atoms with E-state index in [-0.39, 0.29) is 22.4 Å². The number of hydrazine groups is 1. The van der Waals surface area contributed by atoms with Gasteiger partial charge in [-0.25, -0.2) is 9.80 Å². The molecule has 0 spiro atoms. The van der Waals surface area contributed by atoms with E-state index in [1.165, 1.54) is 55.6 Å². The van der Waals surface area contributed by atoms with Crippen LogP contribution < -0.4 is 9.47 Å². The molecule has 2 atom stereocenters. The number of allylic oxidation sites excluding steroid dienone is 2. The van der Waals surface area contributed by atoms with Crippen molar-refractivity contribution in [1.82, 2.24) is 10.0 Å². The minimum atomic E-state index is -0.686. The van der Waals surface area contributed by atoms with E-state index in [4.69, 9.17) is 21.1 Å². The van der Waals surface area contributed by atoms with Gasteiger partial charge in [0.25, 0.3) is 17.7 Å². The fraction of sp³-hybridized carbons (Fsp3) is 0.219. The number of ether oxygens (including phenoxy) is 2. The molecule has 3 amide bonds. The number of Topliss-reactive ketones (excluding diaryl/α,β-unsaturated/α-hetero) is 1. The Kier molecular flexibility index (Phi) is 8.22. The van der Waals surface area contributed by atoms with Crippen LogP contribution in [-0.2, 0) is 9.59 Å². The Labute approximate surface area is 247 Å². The molecule has 42 heavy (non-hydrogen) atoms. The first-order valence-corrected chi connectivity index (χ1v) is 13.6. The van der Waals surface area contributed by atoms with Crippen LogP contribution in [0.15, 0.2) is 84.4 Å². The second-order valence-corrected chi connectivity index (χ2v) is 10.6. The van der Waals surface area contributed by atoms with Crippen LogP contribution in [0.3, 0.4) is 0 Å². The van der Waals surface area contributed by atoms with Crippen molar-refractivity contribution >= 4 is 41.1 Å². The molecule has 0 unspecified atom stereocenters. The lowest BCUT2D eigenvalue weighted by atomic mass is 9.82. The predicted octanol–water partition coefficient (Wildman–Crippen LogP) is 5.15. The maximum Gasteiger partial charge on any atom is 0.343 e. The molecule has 1 saturated heterocycles. The molecule has 1 fully saturated rings. The number of ketones is 1. The van der Waals surface area contributed by atoms with Gasteiger partial charge in [-0.3, -0.25) is 19.2 Å². The number of amides is 3. The number of carbonyl (C=O) groups is 5. The number of methoxy groups -OCH3 is 1. The highest BCUT2D eigenvalue weighted by Crippen LogP contribution is 2.38. The average Bonchev–Trinajstić information content (AvgIpc) is 3.24. The van der Waals surface area contributed by atoms with Gasteiger partial charge in [0, 0.05) is 16.1 Å². The van der Waals surface area contributed by atoms with E-state index >= 15 is 0 Å². The van der Waals surface area contributed by atoms with Gasteiger partial charge in [-0.2, -0.15) is 5.01 Å². The standard InChI is InChI=1S/C32H27ClN2O7/c1-19-6-15-26-27(16-19)31(39)35(30(26)38)34(29(37)21-7-11-23(33)12-8-21)18-28(36)20-9-13-24(14-10-20)42-32(40)22-4-3-5-25(17-22)41-2/h3-14,17,26-27H,15-16,18H2,1-2H3/t26-,27-/m0/s1. The molecule has 10 heteroatoms. The van der Waals surface area contributed by atoms with Crippen molar-refractivity contribution in [3.63, 3.8) is 0 Å². The highest BCUT2D eigenvalue weighted by Gasteiger charge is 2.51. The number of nitrogens with zero attached hydrogens (tertiary/aromatic N) is 2.